The van der Waals surface area contributed by atoms with Gasteiger partial charge in [0.2, 0.25) is 0 Å². The van der Waals surface area contributed by atoms with Crippen molar-refractivity contribution < 1.29 is 28.9 Å². The number of ketones is 1. The number of carbonyl (C=O) groups excluding carboxylic acids is 2. The third-order valence-corrected chi connectivity index (χ3v) is 7.73. The van der Waals surface area contributed by atoms with E-state index in [0.29, 0.717) is 50.8 Å². The van der Waals surface area contributed by atoms with Crippen LogP contribution in [0.15, 0.2) is 48.0 Å². The van der Waals surface area contributed by atoms with E-state index in [1.165, 1.54) is 0 Å². The van der Waals surface area contributed by atoms with Crippen LogP contribution in [-0.4, -0.2) is 79.2 Å². The Morgan fingerprint density at radius 3 is 2.24 bits per heavy atom. The molecule has 222 valence electrons. The molecule has 41 heavy (non-hydrogen) atoms. The van der Waals surface area contributed by atoms with Crippen LogP contribution in [0.2, 0.25) is 0 Å². The average Bonchev–Trinajstić information content (AvgIpc) is 3.24. The van der Waals surface area contributed by atoms with Crippen LogP contribution in [0.4, 0.5) is 0 Å². The number of amides is 1. The second-order valence-electron chi connectivity index (χ2n) is 10.7. The van der Waals surface area contributed by atoms with E-state index in [2.05, 4.69) is 18.7 Å². The maximum Gasteiger partial charge on any atom is 0.295 e. The van der Waals surface area contributed by atoms with Crippen molar-refractivity contribution in [1.82, 2.24) is 9.80 Å². The molecule has 2 fully saturated rings. The van der Waals surface area contributed by atoms with Gasteiger partial charge in [-0.3, -0.25) is 14.5 Å². The minimum absolute atomic E-state index is 0.108. The highest BCUT2D eigenvalue weighted by Crippen LogP contribution is 2.40. The number of hydrogen-bond acceptors (Lipinski definition) is 7. The summed E-state index contributed by atoms with van der Waals surface area (Å²) in [6.45, 7) is 11.2. The lowest BCUT2D eigenvalue weighted by atomic mass is 9.94. The molecular weight excluding hydrogens is 520 g/mol. The molecule has 0 spiro atoms. The first-order valence-electron chi connectivity index (χ1n) is 15.0. The zero-order chi connectivity index (χ0) is 29.2. The van der Waals surface area contributed by atoms with Crippen LogP contribution >= 0.6 is 0 Å². The van der Waals surface area contributed by atoms with Gasteiger partial charge in [0.15, 0.2) is 0 Å². The van der Waals surface area contributed by atoms with Gasteiger partial charge in [0.05, 0.1) is 38.0 Å². The Bertz CT molecular complexity index is 1200. The minimum atomic E-state index is -0.704. The number of nitrogens with zero attached hydrogens (tertiary/aromatic N) is 2. The monoisotopic (exact) mass is 564 g/mol. The van der Waals surface area contributed by atoms with E-state index in [9.17, 15) is 14.7 Å². The molecule has 8 nitrogen and oxygen atoms in total. The molecule has 2 aromatic rings. The molecule has 0 radical (unpaired) electrons. The molecule has 2 heterocycles. The van der Waals surface area contributed by atoms with E-state index in [-0.39, 0.29) is 11.3 Å². The maximum absolute atomic E-state index is 13.5. The topological polar surface area (TPSA) is 88.5 Å². The van der Waals surface area contributed by atoms with Crippen molar-refractivity contribution in [3.8, 4) is 11.5 Å². The summed E-state index contributed by atoms with van der Waals surface area (Å²) in [5, 5.41) is 11.6. The number of benzene rings is 2. The quantitative estimate of drug-likeness (QED) is 0.140. The highest BCUT2D eigenvalue weighted by molar-refractivity contribution is 6.46. The van der Waals surface area contributed by atoms with E-state index in [1.807, 2.05) is 37.3 Å². The molecule has 2 aliphatic rings. The van der Waals surface area contributed by atoms with E-state index in [1.54, 1.807) is 17.0 Å². The van der Waals surface area contributed by atoms with E-state index < -0.39 is 17.7 Å². The number of aryl methyl sites for hydroxylation is 1. The second-order valence-corrected chi connectivity index (χ2v) is 10.7. The number of likely N-dealkylation sites (tertiary alicyclic amines) is 1. The molecule has 2 aromatic carbocycles. The van der Waals surface area contributed by atoms with Gasteiger partial charge in [-0.05, 0) is 61.2 Å². The standard InChI is InChI=1S/C33H44N2O6/c1-4-6-8-20-40-26-11-9-25(10-12-26)30-29(31(36)28-14-13-27(23-24(28)3)41-19-7-5-2)32(37)33(38)35(30)16-15-34-17-21-39-22-18-34/h9-14,23,30,36H,4-8,15-22H2,1-3H3. The third-order valence-electron chi connectivity index (χ3n) is 7.73. The van der Waals surface area contributed by atoms with E-state index in [4.69, 9.17) is 14.2 Å². The maximum atomic E-state index is 13.5. The van der Waals surface area contributed by atoms with Gasteiger partial charge in [-0.15, -0.1) is 0 Å². The third kappa shape index (κ3) is 7.68. The number of ether oxygens (including phenoxy) is 3. The van der Waals surface area contributed by atoms with Gasteiger partial charge in [-0.25, -0.2) is 0 Å². The lowest BCUT2D eigenvalue weighted by molar-refractivity contribution is -0.140. The Morgan fingerprint density at radius 2 is 1.56 bits per heavy atom. The molecule has 2 aliphatic heterocycles. The van der Waals surface area contributed by atoms with Crippen LogP contribution in [0.1, 0.15) is 68.7 Å². The summed E-state index contributed by atoms with van der Waals surface area (Å²) in [6.07, 6.45) is 5.22. The smallest absolute Gasteiger partial charge is 0.295 e. The van der Waals surface area contributed by atoms with Crippen molar-refractivity contribution >= 4 is 17.4 Å². The van der Waals surface area contributed by atoms with Gasteiger partial charge < -0.3 is 24.2 Å². The van der Waals surface area contributed by atoms with Crippen molar-refractivity contribution in [3.63, 3.8) is 0 Å². The molecule has 0 aliphatic carbocycles. The summed E-state index contributed by atoms with van der Waals surface area (Å²) in [4.78, 5) is 30.7. The minimum Gasteiger partial charge on any atom is -0.507 e. The van der Waals surface area contributed by atoms with Gasteiger partial charge in [-0.2, -0.15) is 0 Å². The van der Waals surface area contributed by atoms with E-state index >= 15 is 0 Å². The van der Waals surface area contributed by atoms with Gasteiger partial charge in [0.25, 0.3) is 11.7 Å². The molecule has 0 aromatic heterocycles. The number of aliphatic hydroxyl groups excluding tert-OH is 1. The highest BCUT2D eigenvalue weighted by Gasteiger charge is 2.46. The summed E-state index contributed by atoms with van der Waals surface area (Å²) in [5.41, 5.74) is 2.15. The molecule has 1 amide bonds. The largest absolute Gasteiger partial charge is 0.507 e. The summed E-state index contributed by atoms with van der Waals surface area (Å²) in [5.74, 6) is 0.0211. The molecule has 1 unspecified atom stereocenters. The molecule has 4 rings (SSSR count). The zero-order valence-electron chi connectivity index (χ0n) is 24.7. The number of aliphatic hydroxyl groups is 1. The Hall–Kier alpha value is -3.36. The highest BCUT2D eigenvalue weighted by atomic mass is 16.5. The normalized spacial score (nSPS) is 19.1. The summed E-state index contributed by atoms with van der Waals surface area (Å²) in [6, 6.07) is 12.2. The molecule has 1 N–H and O–H groups in total. The van der Waals surface area contributed by atoms with Crippen LogP contribution in [0.3, 0.4) is 0 Å². The first-order chi connectivity index (χ1) is 19.9. The fraction of sp³-hybridized carbons (Fsp3) is 0.515. The number of Topliss-reactive ketones (excluding diaryl/α,β-unsaturated/α-hetero) is 1. The first kappa shape index (κ1) is 30.6. The lowest BCUT2D eigenvalue weighted by Crippen LogP contribution is -2.42. The molecule has 0 bridgehead atoms. The van der Waals surface area contributed by atoms with Gasteiger partial charge >= 0.3 is 0 Å². The summed E-state index contributed by atoms with van der Waals surface area (Å²) >= 11 is 0. The van der Waals surface area contributed by atoms with Crippen LogP contribution in [0, 0.1) is 6.92 Å². The zero-order valence-corrected chi connectivity index (χ0v) is 24.7. The summed E-state index contributed by atoms with van der Waals surface area (Å²) in [7, 11) is 0. The van der Waals surface area contributed by atoms with Crippen molar-refractivity contribution in [3.05, 3.63) is 64.7 Å². The second kappa shape index (κ2) is 15.0. The van der Waals surface area contributed by atoms with Crippen molar-refractivity contribution in [2.24, 2.45) is 0 Å². The Morgan fingerprint density at radius 1 is 0.902 bits per heavy atom. The molecule has 1 atom stereocenters. The van der Waals surface area contributed by atoms with Gasteiger partial charge in [-0.1, -0.05) is 45.2 Å². The van der Waals surface area contributed by atoms with Crippen molar-refractivity contribution in [1.29, 1.82) is 0 Å². The van der Waals surface area contributed by atoms with Crippen LogP contribution < -0.4 is 9.47 Å². The fourth-order valence-corrected chi connectivity index (χ4v) is 5.29. The van der Waals surface area contributed by atoms with Gasteiger partial charge in [0.1, 0.15) is 17.3 Å². The SMILES string of the molecule is CCCCCOc1ccc(C2C(=C(O)c3ccc(OCCCC)cc3C)C(=O)C(=O)N2CCN2CCOCC2)cc1. The van der Waals surface area contributed by atoms with Crippen LogP contribution in [-0.2, 0) is 14.3 Å². The summed E-state index contributed by atoms with van der Waals surface area (Å²) < 4.78 is 17.2. The van der Waals surface area contributed by atoms with Crippen LogP contribution in [0.5, 0.6) is 11.5 Å². The molecular formula is C33H44N2O6. The number of carbonyl (C=O) groups is 2. The van der Waals surface area contributed by atoms with Gasteiger partial charge in [0, 0.05) is 31.7 Å². The molecule has 8 heteroatoms. The first-order valence-corrected chi connectivity index (χ1v) is 15.0. The van der Waals surface area contributed by atoms with Crippen LogP contribution in [0.25, 0.3) is 5.76 Å². The van der Waals surface area contributed by atoms with Crippen molar-refractivity contribution in [2.75, 3.05) is 52.6 Å². The number of unbranched alkanes of at least 4 members (excludes halogenated alkanes) is 3. The predicted molar refractivity (Wildman–Crippen MR) is 159 cm³/mol. The Labute approximate surface area is 243 Å². The fourth-order valence-electron chi connectivity index (χ4n) is 5.29. The number of hydrogen-bond donors (Lipinski definition) is 1. The molecule has 0 saturated carbocycles. The Balaban J connectivity index is 1.65. The Kier molecular flexibility index (Phi) is 11.2. The number of rotatable bonds is 14. The predicted octanol–water partition coefficient (Wildman–Crippen LogP) is 5.50. The number of morpholine rings is 1. The average molecular weight is 565 g/mol. The lowest BCUT2D eigenvalue weighted by Gasteiger charge is -2.31. The van der Waals surface area contributed by atoms with E-state index in [0.717, 1.165) is 62.1 Å². The molecule has 2 saturated heterocycles. The van der Waals surface area contributed by atoms with Crippen molar-refractivity contribution in [2.45, 2.75) is 58.9 Å².